The molecule has 0 saturated heterocycles. The van der Waals surface area contributed by atoms with Gasteiger partial charge >= 0.3 is 6.01 Å². The lowest BCUT2D eigenvalue weighted by atomic mass is 10.2. The number of benzene rings is 2. The molecule has 0 spiro atoms. The van der Waals surface area contributed by atoms with Crippen LogP contribution in [0.1, 0.15) is 5.56 Å². The van der Waals surface area contributed by atoms with Crippen molar-refractivity contribution < 1.29 is 4.74 Å². The molecule has 3 heterocycles. The second-order valence-electron chi connectivity index (χ2n) is 7.32. The highest BCUT2D eigenvalue weighted by atomic mass is 16.5. The van der Waals surface area contributed by atoms with Crippen molar-refractivity contribution in [3.63, 3.8) is 0 Å². The number of ether oxygens (including phenoxy) is 1. The molecule has 0 bridgehead atoms. The van der Waals surface area contributed by atoms with Gasteiger partial charge in [0.25, 0.3) is 5.56 Å². The molecule has 0 aliphatic rings. The highest BCUT2D eigenvalue weighted by molar-refractivity contribution is 5.85. The smallest absolute Gasteiger partial charge is 0.328 e. The van der Waals surface area contributed by atoms with E-state index < -0.39 is 0 Å². The molecule has 3 aromatic heterocycles. The van der Waals surface area contributed by atoms with Crippen LogP contribution in [-0.4, -0.2) is 29.5 Å². The van der Waals surface area contributed by atoms with Gasteiger partial charge in [0.1, 0.15) is 5.75 Å². The van der Waals surface area contributed by atoms with Crippen molar-refractivity contribution in [3.8, 4) is 17.8 Å². The van der Waals surface area contributed by atoms with Gasteiger partial charge in [-0.05, 0) is 36.4 Å². The molecule has 5 aromatic rings. The van der Waals surface area contributed by atoms with Crippen molar-refractivity contribution in [1.82, 2.24) is 29.5 Å². The number of para-hydroxylation sites is 1. The minimum absolute atomic E-state index is 0.0408. The maximum atomic E-state index is 12.5. The number of anilines is 4. The van der Waals surface area contributed by atoms with E-state index in [1.54, 1.807) is 37.5 Å². The van der Waals surface area contributed by atoms with E-state index in [2.05, 4.69) is 41.6 Å². The molecule has 0 aliphatic heterocycles. The van der Waals surface area contributed by atoms with Crippen molar-refractivity contribution in [2.75, 3.05) is 10.6 Å². The summed E-state index contributed by atoms with van der Waals surface area (Å²) in [7, 11) is 1.69. The van der Waals surface area contributed by atoms with Gasteiger partial charge in [-0.15, -0.1) is 0 Å². The Hall–Kier alpha value is -5.37. The monoisotopic (exact) mass is 463 g/mol. The molecule has 0 amide bonds. The third-order valence-electron chi connectivity index (χ3n) is 5.01. The third kappa shape index (κ3) is 4.71. The van der Waals surface area contributed by atoms with Gasteiger partial charge in [0.2, 0.25) is 11.9 Å². The van der Waals surface area contributed by atoms with Gasteiger partial charge in [-0.1, -0.05) is 12.1 Å². The fraction of sp³-hybridized carbons (Fsp3) is 0.0417. The third-order valence-corrected chi connectivity index (χ3v) is 5.01. The fourth-order valence-electron chi connectivity index (χ4n) is 3.31. The highest BCUT2D eigenvalue weighted by Crippen LogP contribution is 2.28. The molecule has 11 nitrogen and oxygen atoms in total. The Morgan fingerprint density at radius 1 is 0.971 bits per heavy atom. The molecular weight excluding hydrogens is 446 g/mol. The van der Waals surface area contributed by atoms with Crippen LogP contribution in [0, 0.1) is 11.3 Å². The maximum absolute atomic E-state index is 12.5. The van der Waals surface area contributed by atoms with E-state index in [0.29, 0.717) is 28.3 Å². The summed E-state index contributed by atoms with van der Waals surface area (Å²) in [5, 5.41) is 15.8. The molecule has 35 heavy (non-hydrogen) atoms. The molecule has 0 atom stereocenters. The molecule has 0 radical (unpaired) electrons. The standard InChI is InChI=1S/C24H17N9O2/c1-33-18-5-3-2-4-17(18)19(12-21(33)34)35-24-31-22(28-16-8-6-15(13-25)7-9-16)30-23(32-24)29-20-14-26-10-11-27-20/h2-12,14H,1H3,(H2,27,28,29,30,31,32). The number of nitrogens with zero attached hydrogens (tertiary/aromatic N) is 7. The van der Waals surface area contributed by atoms with E-state index >= 15 is 0 Å². The molecule has 2 aromatic carbocycles. The summed E-state index contributed by atoms with van der Waals surface area (Å²) in [6.07, 6.45) is 4.60. The first-order valence-corrected chi connectivity index (χ1v) is 10.4. The summed E-state index contributed by atoms with van der Waals surface area (Å²) < 4.78 is 7.52. The number of nitrogens with one attached hydrogen (secondary N) is 2. The van der Waals surface area contributed by atoms with Crippen LogP contribution in [0.4, 0.5) is 23.4 Å². The molecular formula is C24H17N9O2. The Balaban J connectivity index is 1.54. The van der Waals surface area contributed by atoms with Crippen LogP contribution in [0.3, 0.4) is 0 Å². The van der Waals surface area contributed by atoms with Crippen LogP contribution in [0.2, 0.25) is 0 Å². The van der Waals surface area contributed by atoms with Crippen LogP contribution >= 0.6 is 0 Å². The van der Waals surface area contributed by atoms with E-state index in [-0.39, 0.29) is 23.5 Å². The summed E-state index contributed by atoms with van der Waals surface area (Å²) in [5.41, 5.74) is 1.66. The van der Waals surface area contributed by atoms with Crippen LogP contribution in [0.25, 0.3) is 10.9 Å². The first-order chi connectivity index (χ1) is 17.1. The fourth-order valence-corrected chi connectivity index (χ4v) is 3.31. The zero-order chi connectivity index (χ0) is 24.2. The zero-order valence-corrected chi connectivity index (χ0v) is 18.4. The Kier molecular flexibility index (Phi) is 5.67. The van der Waals surface area contributed by atoms with E-state index in [1.165, 1.54) is 23.0 Å². The molecule has 0 fully saturated rings. The van der Waals surface area contributed by atoms with Crippen LogP contribution in [0.5, 0.6) is 11.8 Å². The largest absolute Gasteiger partial charge is 0.423 e. The minimum Gasteiger partial charge on any atom is -0.423 e. The molecule has 0 unspecified atom stereocenters. The predicted octanol–water partition coefficient (Wildman–Crippen LogP) is 3.66. The van der Waals surface area contributed by atoms with Crippen molar-refractivity contribution in [3.05, 3.63) is 89.1 Å². The second-order valence-corrected chi connectivity index (χ2v) is 7.32. The quantitative estimate of drug-likeness (QED) is 0.383. The lowest BCUT2D eigenvalue weighted by Crippen LogP contribution is -2.16. The maximum Gasteiger partial charge on any atom is 0.328 e. The Morgan fingerprint density at radius 2 is 1.74 bits per heavy atom. The number of aromatic nitrogens is 6. The van der Waals surface area contributed by atoms with Crippen LogP contribution in [0.15, 0.2) is 78.0 Å². The van der Waals surface area contributed by atoms with Gasteiger partial charge < -0.3 is 19.9 Å². The van der Waals surface area contributed by atoms with E-state index in [4.69, 9.17) is 10.00 Å². The highest BCUT2D eigenvalue weighted by Gasteiger charge is 2.14. The Morgan fingerprint density at radius 3 is 2.49 bits per heavy atom. The normalized spacial score (nSPS) is 10.5. The average molecular weight is 463 g/mol. The Labute approximate surface area is 198 Å². The number of fused-ring (bicyclic) bond motifs is 1. The summed E-state index contributed by atoms with van der Waals surface area (Å²) >= 11 is 0. The topological polar surface area (TPSA) is 144 Å². The SMILES string of the molecule is Cn1c(=O)cc(Oc2nc(Nc3ccc(C#N)cc3)nc(Nc3cnccn3)n2)c2ccccc21. The number of hydrogen-bond donors (Lipinski definition) is 2. The zero-order valence-electron chi connectivity index (χ0n) is 18.4. The first kappa shape index (κ1) is 21.5. The van der Waals surface area contributed by atoms with E-state index in [9.17, 15) is 4.79 Å². The van der Waals surface area contributed by atoms with Gasteiger partial charge in [-0.3, -0.25) is 9.78 Å². The summed E-state index contributed by atoms with van der Waals surface area (Å²) in [6.45, 7) is 0. The lowest BCUT2D eigenvalue weighted by molar-refractivity contribution is 0.445. The molecule has 0 saturated carbocycles. The molecule has 2 N–H and O–H groups in total. The summed E-state index contributed by atoms with van der Waals surface area (Å²) in [6, 6.07) is 17.6. The van der Waals surface area contributed by atoms with Gasteiger partial charge in [0.05, 0.1) is 23.3 Å². The summed E-state index contributed by atoms with van der Waals surface area (Å²) in [4.78, 5) is 33.8. The van der Waals surface area contributed by atoms with Gasteiger partial charge in [-0.2, -0.15) is 20.2 Å². The van der Waals surface area contributed by atoms with Crippen molar-refractivity contribution >= 4 is 34.3 Å². The van der Waals surface area contributed by atoms with Crippen LogP contribution in [-0.2, 0) is 7.05 Å². The predicted molar refractivity (Wildman–Crippen MR) is 129 cm³/mol. The number of pyridine rings is 1. The Bertz CT molecular complexity index is 1610. The second kappa shape index (κ2) is 9.24. The molecule has 11 heteroatoms. The van der Waals surface area contributed by atoms with Crippen molar-refractivity contribution in [1.29, 1.82) is 5.26 Å². The molecule has 0 aliphatic carbocycles. The van der Waals surface area contributed by atoms with Crippen molar-refractivity contribution in [2.24, 2.45) is 7.05 Å². The average Bonchev–Trinajstić information content (AvgIpc) is 2.88. The van der Waals surface area contributed by atoms with E-state index in [0.717, 1.165) is 5.39 Å². The van der Waals surface area contributed by atoms with E-state index in [1.807, 2.05) is 24.3 Å². The van der Waals surface area contributed by atoms with Gasteiger partial charge in [0.15, 0.2) is 5.82 Å². The minimum atomic E-state index is -0.235. The number of rotatable bonds is 6. The molecule has 170 valence electrons. The number of nitriles is 1. The molecule has 5 rings (SSSR count). The van der Waals surface area contributed by atoms with Gasteiger partial charge in [-0.25, -0.2) is 4.98 Å². The van der Waals surface area contributed by atoms with Crippen molar-refractivity contribution in [2.45, 2.75) is 0 Å². The number of aryl methyl sites for hydroxylation is 1. The van der Waals surface area contributed by atoms with Crippen LogP contribution < -0.4 is 20.9 Å². The number of hydrogen-bond acceptors (Lipinski definition) is 10. The summed E-state index contributed by atoms with van der Waals surface area (Å²) in [5.74, 6) is 1.07. The van der Waals surface area contributed by atoms with Gasteiger partial charge in [0, 0.05) is 36.6 Å². The first-order valence-electron chi connectivity index (χ1n) is 10.4. The lowest BCUT2D eigenvalue weighted by Gasteiger charge is -2.12.